The van der Waals surface area contributed by atoms with Crippen LogP contribution in [0.3, 0.4) is 0 Å². The Labute approximate surface area is 155 Å². The highest BCUT2D eigenvalue weighted by Crippen LogP contribution is 2.36. The lowest BCUT2D eigenvalue weighted by Crippen LogP contribution is -2.16. The number of hydrogen-bond donors (Lipinski definition) is 1. The van der Waals surface area contributed by atoms with E-state index in [1.165, 1.54) is 12.1 Å². The average molecular weight is 367 g/mol. The van der Waals surface area contributed by atoms with Crippen LogP contribution in [0, 0.1) is 19.7 Å². The maximum atomic E-state index is 13.3. The highest BCUT2D eigenvalue weighted by Gasteiger charge is 2.25. The number of aryl methyl sites for hydroxylation is 2. The lowest BCUT2D eigenvalue weighted by Gasteiger charge is -2.12. The molecular weight excluding hydrogens is 349 g/mol. The molecular formula is C20H18FN3OS. The van der Waals surface area contributed by atoms with Crippen molar-refractivity contribution in [2.75, 3.05) is 5.32 Å². The van der Waals surface area contributed by atoms with Gasteiger partial charge in [0.05, 0.1) is 11.4 Å². The van der Waals surface area contributed by atoms with Crippen molar-refractivity contribution in [3.63, 3.8) is 0 Å². The molecule has 1 N–H and O–H groups in total. The Hall–Kier alpha value is -2.60. The molecule has 1 aliphatic heterocycles. The summed E-state index contributed by atoms with van der Waals surface area (Å²) < 4.78 is 15.0. The van der Waals surface area contributed by atoms with Crippen LogP contribution in [0.15, 0.2) is 42.5 Å². The van der Waals surface area contributed by atoms with Crippen LogP contribution >= 0.6 is 11.8 Å². The summed E-state index contributed by atoms with van der Waals surface area (Å²) in [5.41, 5.74) is 5.56. The van der Waals surface area contributed by atoms with Crippen LogP contribution in [0.2, 0.25) is 0 Å². The first kappa shape index (κ1) is 16.8. The third-order valence-electron chi connectivity index (χ3n) is 4.62. The van der Waals surface area contributed by atoms with Crippen molar-refractivity contribution >= 4 is 23.5 Å². The normalized spacial score (nSPS) is 12.9. The molecule has 0 saturated carbocycles. The summed E-state index contributed by atoms with van der Waals surface area (Å²) >= 11 is 1.77. The first-order valence-electron chi connectivity index (χ1n) is 8.36. The van der Waals surface area contributed by atoms with E-state index >= 15 is 0 Å². The smallest absolute Gasteiger partial charge is 0.256 e. The number of carbonyl (C=O) groups is 1. The molecule has 26 heavy (non-hydrogen) atoms. The Balaban J connectivity index is 1.72. The van der Waals surface area contributed by atoms with Gasteiger partial charge in [-0.1, -0.05) is 6.07 Å². The molecule has 0 unspecified atom stereocenters. The molecule has 1 amide bonds. The Morgan fingerprint density at radius 3 is 2.62 bits per heavy atom. The van der Waals surface area contributed by atoms with Gasteiger partial charge in [-0.2, -0.15) is 16.9 Å². The van der Waals surface area contributed by atoms with Gasteiger partial charge in [0, 0.05) is 22.6 Å². The van der Waals surface area contributed by atoms with Crippen LogP contribution in [-0.4, -0.2) is 15.7 Å². The van der Waals surface area contributed by atoms with E-state index in [1.54, 1.807) is 28.6 Å². The zero-order valence-corrected chi connectivity index (χ0v) is 15.4. The molecule has 2 heterocycles. The molecule has 6 heteroatoms. The van der Waals surface area contributed by atoms with E-state index < -0.39 is 0 Å². The summed E-state index contributed by atoms with van der Waals surface area (Å²) in [6, 6.07) is 11.8. The molecule has 1 aromatic heterocycles. The van der Waals surface area contributed by atoms with Crippen LogP contribution in [-0.2, 0) is 11.5 Å². The van der Waals surface area contributed by atoms with E-state index in [2.05, 4.69) is 10.4 Å². The number of nitrogens with zero attached hydrogens (tertiary/aromatic N) is 2. The first-order chi connectivity index (χ1) is 12.5. The fourth-order valence-electron chi connectivity index (χ4n) is 2.97. The minimum atomic E-state index is -0.301. The standard InChI is InChI=1S/C20H18FN3OS/c1-12-3-4-14(9-13(12)2)20(25)22-19-17-10-26-11-18(17)23-24(19)16-7-5-15(21)6-8-16/h3-9H,10-11H2,1-2H3,(H,22,25). The van der Waals surface area contributed by atoms with Crippen molar-refractivity contribution in [1.82, 2.24) is 9.78 Å². The number of carbonyl (C=O) groups excluding carboxylic acids is 1. The van der Waals surface area contributed by atoms with E-state index in [9.17, 15) is 9.18 Å². The highest BCUT2D eigenvalue weighted by atomic mass is 32.2. The third kappa shape index (κ3) is 3.01. The zero-order chi connectivity index (χ0) is 18.3. The lowest BCUT2D eigenvalue weighted by atomic mass is 10.1. The number of hydrogen-bond acceptors (Lipinski definition) is 3. The van der Waals surface area contributed by atoms with Crippen molar-refractivity contribution < 1.29 is 9.18 Å². The molecule has 4 nitrogen and oxygen atoms in total. The fraction of sp³-hybridized carbons (Fsp3) is 0.200. The van der Waals surface area contributed by atoms with Crippen LogP contribution in [0.25, 0.3) is 5.69 Å². The maximum Gasteiger partial charge on any atom is 0.256 e. The Kier molecular flexibility index (Phi) is 4.28. The fourth-order valence-corrected chi connectivity index (χ4v) is 4.01. The molecule has 0 atom stereocenters. The van der Waals surface area contributed by atoms with Crippen LogP contribution < -0.4 is 5.32 Å². The molecule has 0 saturated heterocycles. The van der Waals surface area contributed by atoms with Gasteiger partial charge < -0.3 is 5.32 Å². The summed E-state index contributed by atoms with van der Waals surface area (Å²) in [4.78, 5) is 12.8. The topological polar surface area (TPSA) is 46.9 Å². The van der Waals surface area contributed by atoms with Gasteiger partial charge in [-0.15, -0.1) is 0 Å². The molecule has 0 radical (unpaired) electrons. The van der Waals surface area contributed by atoms with E-state index in [0.29, 0.717) is 11.4 Å². The van der Waals surface area contributed by atoms with Gasteiger partial charge in [-0.05, 0) is 61.4 Å². The highest BCUT2D eigenvalue weighted by molar-refractivity contribution is 7.98. The number of halogens is 1. The first-order valence-corrected chi connectivity index (χ1v) is 9.51. The summed E-state index contributed by atoms with van der Waals surface area (Å²) in [7, 11) is 0. The third-order valence-corrected chi connectivity index (χ3v) is 5.59. The molecule has 132 valence electrons. The largest absolute Gasteiger partial charge is 0.306 e. The van der Waals surface area contributed by atoms with Gasteiger partial charge in [0.15, 0.2) is 0 Å². The summed E-state index contributed by atoms with van der Waals surface area (Å²) in [6.07, 6.45) is 0. The van der Waals surface area contributed by atoms with E-state index in [4.69, 9.17) is 0 Å². The Morgan fingerprint density at radius 1 is 1.12 bits per heavy atom. The van der Waals surface area contributed by atoms with Crippen molar-refractivity contribution in [1.29, 1.82) is 0 Å². The second kappa shape index (κ2) is 6.61. The zero-order valence-electron chi connectivity index (χ0n) is 14.5. The van der Waals surface area contributed by atoms with E-state index in [-0.39, 0.29) is 11.7 Å². The van der Waals surface area contributed by atoms with E-state index in [0.717, 1.165) is 39.6 Å². The molecule has 0 bridgehead atoms. The minimum absolute atomic E-state index is 0.170. The molecule has 0 aliphatic carbocycles. The van der Waals surface area contributed by atoms with Crippen LogP contribution in [0.5, 0.6) is 0 Å². The molecule has 2 aromatic carbocycles. The minimum Gasteiger partial charge on any atom is -0.306 e. The number of benzene rings is 2. The monoisotopic (exact) mass is 367 g/mol. The lowest BCUT2D eigenvalue weighted by molar-refractivity contribution is 0.102. The average Bonchev–Trinajstić information content (AvgIpc) is 3.21. The summed E-state index contributed by atoms with van der Waals surface area (Å²) in [5, 5.41) is 7.65. The number of nitrogens with one attached hydrogen (secondary N) is 1. The SMILES string of the molecule is Cc1ccc(C(=O)Nc2c3c(nn2-c2ccc(F)cc2)CSC3)cc1C. The number of anilines is 1. The van der Waals surface area contributed by atoms with Crippen molar-refractivity contribution in [3.8, 4) is 5.69 Å². The van der Waals surface area contributed by atoms with E-state index in [1.807, 2.05) is 32.0 Å². The number of aromatic nitrogens is 2. The molecule has 3 aromatic rings. The Morgan fingerprint density at radius 2 is 1.88 bits per heavy atom. The number of thioether (sulfide) groups is 1. The molecule has 0 spiro atoms. The number of fused-ring (bicyclic) bond motifs is 1. The predicted molar refractivity (Wildman–Crippen MR) is 102 cm³/mol. The van der Waals surface area contributed by atoms with Gasteiger partial charge in [0.2, 0.25) is 0 Å². The number of amides is 1. The van der Waals surface area contributed by atoms with Gasteiger partial charge >= 0.3 is 0 Å². The summed E-state index contributed by atoms with van der Waals surface area (Å²) in [5.74, 6) is 1.82. The van der Waals surface area contributed by atoms with Crippen molar-refractivity contribution in [3.05, 3.63) is 76.2 Å². The molecule has 1 aliphatic rings. The molecule has 4 rings (SSSR count). The van der Waals surface area contributed by atoms with Crippen molar-refractivity contribution in [2.45, 2.75) is 25.4 Å². The van der Waals surface area contributed by atoms with Gasteiger partial charge in [0.25, 0.3) is 5.91 Å². The maximum absolute atomic E-state index is 13.3. The van der Waals surface area contributed by atoms with Crippen molar-refractivity contribution in [2.24, 2.45) is 0 Å². The van der Waals surface area contributed by atoms with Crippen LogP contribution in [0.4, 0.5) is 10.2 Å². The number of rotatable bonds is 3. The second-order valence-electron chi connectivity index (χ2n) is 6.41. The predicted octanol–water partition coefficient (Wildman–Crippen LogP) is 4.63. The second-order valence-corrected chi connectivity index (χ2v) is 7.39. The van der Waals surface area contributed by atoms with Gasteiger partial charge in [0.1, 0.15) is 11.6 Å². The van der Waals surface area contributed by atoms with Gasteiger partial charge in [-0.25, -0.2) is 9.07 Å². The van der Waals surface area contributed by atoms with Gasteiger partial charge in [-0.3, -0.25) is 4.79 Å². The Bertz CT molecular complexity index is 995. The van der Waals surface area contributed by atoms with Crippen LogP contribution in [0.1, 0.15) is 32.7 Å². The quantitative estimate of drug-likeness (QED) is 0.734. The summed E-state index contributed by atoms with van der Waals surface area (Å²) in [6.45, 7) is 4.01. The molecule has 0 fully saturated rings.